The van der Waals surface area contributed by atoms with E-state index < -0.39 is 4.92 Å². The molecule has 0 unspecified atom stereocenters. The fourth-order valence-electron chi connectivity index (χ4n) is 1.80. The van der Waals surface area contributed by atoms with Crippen LogP contribution in [0.4, 0.5) is 11.4 Å². The number of hydrogen-bond acceptors (Lipinski definition) is 4. The van der Waals surface area contributed by atoms with Crippen molar-refractivity contribution >= 4 is 27.3 Å². The number of para-hydroxylation sites is 1. The Labute approximate surface area is 124 Å². The Morgan fingerprint density at radius 2 is 2.00 bits per heavy atom. The van der Waals surface area contributed by atoms with E-state index in [1.807, 2.05) is 19.1 Å². The normalized spacial score (nSPS) is 10.2. The second-order valence-electron chi connectivity index (χ2n) is 4.20. The van der Waals surface area contributed by atoms with Crippen LogP contribution in [0.3, 0.4) is 0 Å². The molecule has 1 N–H and O–H groups in total. The molecule has 0 spiro atoms. The predicted molar refractivity (Wildman–Crippen MR) is 81.6 cm³/mol. The van der Waals surface area contributed by atoms with Crippen molar-refractivity contribution < 1.29 is 9.66 Å². The van der Waals surface area contributed by atoms with Crippen molar-refractivity contribution in [1.29, 1.82) is 0 Å². The summed E-state index contributed by atoms with van der Waals surface area (Å²) in [4.78, 5) is 10.7. The summed E-state index contributed by atoms with van der Waals surface area (Å²) in [7, 11) is 1.63. The third-order valence-corrected chi connectivity index (χ3v) is 3.38. The quantitative estimate of drug-likeness (QED) is 0.659. The molecule has 0 bridgehead atoms. The summed E-state index contributed by atoms with van der Waals surface area (Å²) in [6.45, 7) is 1.96. The van der Waals surface area contributed by atoms with Crippen LogP contribution in [0.25, 0.3) is 0 Å². The van der Waals surface area contributed by atoms with Crippen LogP contribution >= 0.6 is 15.9 Å². The first-order chi connectivity index (χ1) is 9.52. The number of nitro benzene ring substituents is 1. The molecule has 0 aliphatic heterocycles. The first kappa shape index (κ1) is 14.3. The summed E-state index contributed by atoms with van der Waals surface area (Å²) in [6, 6.07) is 10.5. The van der Waals surface area contributed by atoms with Gasteiger partial charge in [0, 0.05) is 7.05 Å². The smallest absolute Gasteiger partial charge is 0.334 e. The van der Waals surface area contributed by atoms with Gasteiger partial charge in [0.2, 0.25) is 5.75 Å². The van der Waals surface area contributed by atoms with Crippen LogP contribution in [-0.2, 0) is 0 Å². The molecule has 2 rings (SSSR count). The number of nitrogens with one attached hydrogen (secondary N) is 1. The maximum atomic E-state index is 11.2. The molecule has 20 heavy (non-hydrogen) atoms. The molecule has 0 aliphatic carbocycles. The van der Waals surface area contributed by atoms with Crippen LogP contribution in [0.1, 0.15) is 5.56 Å². The minimum Gasteiger partial charge on any atom is -0.449 e. The van der Waals surface area contributed by atoms with Crippen molar-refractivity contribution in [2.45, 2.75) is 6.92 Å². The van der Waals surface area contributed by atoms with Crippen LogP contribution in [0.5, 0.6) is 11.5 Å². The lowest BCUT2D eigenvalue weighted by Gasteiger charge is -2.10. The van der Waals surface area contributed by atoms with E-state index in [-0.39, 0.29) is 11.4 Å². The van der Waals surface area contributed by atoms with Crippen molar-refractivity contribution in [2.75, 3.05) is 12.4 Å². The molecule has 5 nitrogen and oxygen atoms in total. The molecule has 2 aromatic carbocycles. The second kappa shape index (κ2) is 5.92. The summed E-state index contributed by atoms with van der Waals surface area (Å²) >= 11 is 3.39. The zero-order valence-corrected chi connectivity index (χ0v) is 12.6. The highest BCUT2D eigenvalue weighted by Crippen LogP contribution is 2.39. The second-order valence-corrected chi connectivity index (χ2v) is 5.05. The van der Waals surface area contributed by atoms with E-state index in [1.165, 1.54) is 0 Å². The third kappa shape index (κ3) is 2.91. The maximum absolute atomic E-state index is 11.2. The molecule has 104 valence electrons. The number of rotatable bonds is 4. The molecule has 0 atom stereocenters. The molecule has 0 radical (unpaired) electrons. The Hall–Kier alpha value is -2.08. The Kier molecular flexibility index (Phi) is 4.24. The van der Waals surface area contributed by atoms with Crippen LogP contribution in [0.15, 0.2) is 40.9 Å². The van der Waals surface area contributed by atoms with E-state index in [0.717, 1.165) is 10.0 Å². The van der Waals surface area contributed by atoms with Gasteiger partial charge < -0.3 is 10.1 Å². The molecule has 0 fully saturated rings. The van der Waals surface area contributed by atoms with Gasteiger partial charge in [0.25, 0.3) is 0 Å². The molecule has 0 aliphatic rings. The van der Waals surface area contributed by atoms with Gasteiger partial charge in [-0.05, 0) is 52.7 Å². The van der Waals surface area contributed by atoms with Crippen LogP contribution in [0, 0.1) is 17.0 Å². The SMILES string of the molecule is CNc1cccc(Oc2ccc(C)cc2Br)c1[N+](=O)[O-]. The van der Waals surface area contributed by atoms with Crippen molar-refractivity contribution in [3.8, 4) is 11.5 Å². The van der Waals surface area contributed by atoms with Gasteiger partial charge >= 0.3 is 5.69 Å². The Balaban J connectivity index is 2.45. The maximum Gasteiger partial charge on any atom is 0.334 e. The van der Waals surface area contributed by atoms with E-state index in [2.05, 4.69) is 21.2 Å². The summed E-state index contributed by atoms with van der Waals surface area (Å²) in [5.41, 5.74) is 1.40. The molecule has 0 saturated heterocycles. The lowest BCUT2D eigenvalue weighted by molar-refractivity contribution is -0.384. The zero-order chi connectivity index (χ0) is 14.7. The summed E-state index contributed by atoms with van der Waals surface area (Å²) in [5, 5.41) is 14.0. The number of nitro groups is 1. The molecule has 0 amide bonds. The van der Waals surface area contributed by atoms with Gasteiger partial charge in [-0.1, -0.05) is 12.1 Å². The monoisotopic (exact) mass is 336 g/mol. The molecule has 0 aromatic heterocycles. The Morgan fingerprint density at radius 3 is 2.60 bits per heavy atom. The van der Waals surface area contributed by atoms with E-state index >= 15 is 0 Å². The van der Waals surface area contributed by atoms with Gasteiger partial charge in [-0.25, -0.2) is 0 Å². The third-order valence-electron chi connectivity index (χ3n) is 2.76. The van der Waals surface area contributed by atoms with Crippen LogP contribution in [0.2, 0.25) is 0 Å². The van der Waals surface area contributed by atoms with Crippen LogP contribution < -0.4 is 10.1 Å². The fraction of sp³-hybridized carbons (Fsp3) is 0.143. The summed E-state index contributed by atoms with van der Waals surface area (Å²) in [6.07, 6.45) is 0. The van der Waals surface area contributed by atoms with Gasteiger partial charge in [-0.3, -0.25) is 10.1 Å². The number of benzene rings is 2. The van der Waals surface area contributed by atoms with E-state index in [0.29, 0.717) is 11.4 Å². The summed E-state index contributed by atoms with van der Waals surface area (Å²) in [5.74, 6) is 0.735. The zero-order valence-electron chi connectivity index (χ0n) is 11.0. The number of aryl methyl sites for hydroxylation is 1. The molecule has 0 saturated carbocycles. The van der Waals surface area contributed by atoms with Crippen molar-refractivity contribution in [2.24, 2.45) is 0 Å². The first-order valence-corrected chi connectivity index (χ1v) is 6.71. The Bertz CT molecular complexity index is 659. The van der Waals surface area contributed by atoms with Crippen LogP contribution in [-0.4, -0.2) is 12.0 Å². The van der Waals surface area contributed by atoms with E-state index in [9.17, 15) is 10.1 Å². The average Bonchev–Trinajstić information content (AvgIpc) is 2.41. The highest BCUT2D eigenvalue weighted by atomic mass is 79.9. The average molecular weight is 337 g/mol. The Morgan fingerprint density at radius 1 is 1.25 bits per heavy atom. The number of anilines is 1. The molecular formula is C14H13BrN2O3. The van der Waals surface area contributed by atoms with Gasteiger partial charge in [0.15, 0.2) is 0 Å². The van der Waals surface area contributed by atoms with E-state index in [4.69, 9.17) is 4.74 Å². The highest BCUT2D eigenvalue weighted by molar-refractivity contribution is 9.10. The lowest BCUT2D eigenvalue weighted by Crippen LogP contribution is -1.99. The highest BCUT2D eigenvalue weighted by Gasteiger charge is 2.21. The van der Waals surface area contributed by atoms with Crippen molar-refractivity contribution in [3.63, 3.8) is 0 Å². The first-order valence-electron chi connectivity index (χ1n) is 5.92. The number of nitrogens with zero attached hydrogens (tertiary/aromatic N) is 1. The van der Waals surface area contributed by atoms with Crippen molar-refractivity contribution in [1.82, 2.24) is 0 Å². The van der Waals surface area contributed by atoms with Gasteiger partial charge in [-0.15, -0.1) is 0 Å². The predicted octanol–water partition coefficient (Wildman–Crippen LogP) is 4.50. The lowest BCUT2D eigenvalue weighted by atomic mass is 10.2. The largest absolute Gasteiger partial charge is 0.449 e. The molecule has 6 heteroatoms. The van der Waals surface area contributed by atoms with Crippen molar-refractivity contribution in [3.05, 3.63) is 56.5 Å². The van der Waals surface area contributed by atoms with Gasteiger partial charge in [0.1, 0.15) is 11.4 Å². The fourth-order valence-corrected chi connectivity index (χ4v) is 2.38. The number of halogens is 1. The van der Waals surface area contributed by atoms with E-state index in [1.54, 1.807) is 31.3 Å². The molecule has 2 aromatic rings. The van der Waals surface area contributed by atoms with Gasteiger partial charge in [-0.2, -0.15) is 0 Å². The minimum absolute atomic E-state index is 0.0810. The van der Waals surface area contributed by atoms with Gasteiger partial charge in [0.05, 0.1) is 9.40 Å². The number of hydrogen-bond donors (Lipinski definition) is 1. The molecule has 0 heterocycles. The molecular weight excluding hydrogens is 324 g/mol. The summed E-state index contributed by atoms with van der Waals surface area (Å²) < 4.78 is 6.42. The minimum atomic E-state index is -0.455. The standard InChI is InChI=1S/C14H13BrN2O3/c1-9-6-7-12(10(15)8-9)20-13-5-3-4-11(16-2)14(13)17(18)19/h3-8,16H,1-2H3. The topological polar surface area (TPSA) is 64.4 Å². The number of ether oxygens (including phenoxy) is 1.